The van der Waals surface area contributed by atoms with E-state index in [-0.39, 0.29) is 5.91 Å². The number of aryl methyl sites for hydroxylation is 2. The first-order valence-corrected chi connectivity index (χ1v) is 8.04. The fourth-order valence-corrected chi connectivity index (χ4v) is 3.06. The van der Waals surface area contributed by atoms with Gasteiger partial charge in [0.05, 0.1) is 0 Å². The van der Waals surface area contributed by atoms with Gasteiger partial charge in [0.1, 0.15) is 11.5 Å². The van der Waals surface area contributed by atoms with Crippen LogP contribution >= 0.6 is 0 Å². The van der Waals surface area contributed by atoms with Gasteiger partial charge in [0, 0.05) is 37.7 Å². The number of imidazole rings is 1. The van der Waals surface area contributed by atoms with Gasteiger partial charge in [-0.25, -0.2) is 4.98 Å². The van der Waals surface area contributed by atoms with Gasteiger partial charge in [-0.1, -0.05) is 6.07 Å². The van der Waals surface area contributed by atoms with Crippen molar-refractivity contribution < 1.29 is 4.79 Å². The highest BCUT2D eigenvalue weighted by Gasteiger charge is 2.23. The molecule has 0 aliphatic carbocycles. The second-order valence-corrected chi connectivity index (χ2v) is 6.26. The van der Waals surface area contributed by atoms with Gasteiger partial charge < -0.3 is 10.3 Å². The third-order valence-electron chi connectivity index (χ3n) is 4.30. The van der Waals surface area contributed by atoms with E-state index in [1.54, 1.807) is 6.20 Å². The molecule has 0 aromatic carbocycles. The van der Waals surface area contributed by atoms with E-state index >= 15 is 0 Å². The lowest BCUT2D eigenvalue weighted by Crippen LogP contribution is -2.31. The quantitative estimate of drug-likeness (QED) is 0.880. The van der Waals surface area contributed by atoms with E-state index in [1.165, 1.54) is 0 Å². The van der Waals surface area contributed by atoms with E-state index in [0.717, 1.165) is 43.1 Å². The Morgan fingerprint density at radius 3 is 3.04 bits per heavy atom. The molecule has 1 aliphatic rings. The van der Waals surface area contributed by atoms with Crippen molar-refractivity contribution in [3.05, 3.63) is 47.3 Å². The molecule has 0 radical (unpaired) electrons. The molecule has 0 spiro atoms. The van der Waals surface area contributed by atoms with Crippen molar-refractivity contribution in [2.45, 2.75) is 26.8 Å². The molecule has 23 heavy (non-hydrogen) atoms. The van der Waals surface area contributed by atoms with Crippen LogP contribution in [-0.2, 0) is 6.54 Å². The number of nitrogens with zero attached hydrogens (tertiary/aromatic N) is 3. The fourth-order valence-electron chi connectivity index (χ4n) is 3.06. The number of amides is 1. The highest BCUT2D eigenvalue weighted by Crippen LogP contribution is 2.17. The summed E-state index contributed by atoms with van der Waals surface area (Å²) in [6, 6.07) is 3.75. The molecule has 0 bridgehead atoms. The molecule has 1 aliphatic heterocycles. The molecular formula is C17H23N5O. The second-order valence-electron chi connectivity index (χ2n) is 6.26. The first-order chi connectivity index (χ1) is 11.1. The molecule has 1 atom stereocenters. The van der Waals surface area contributed by atoms with Crippen LogP contribution in [0.2, 0.25) is 0 Å². The fraction of sp³-hybridized carbons (Fsp3) is 0.471. The van der Waals surface area contributed by atoms with Crippen molar-refractivity contribution in [1.82, 2.24) is 25.2 Å². The average Bonchev–Trinajstić information content (AvgIpc) is 3.15. The Bertz CT molecular complexity index is 681. The first kappa shape index (κ1) is 15.7. The van der Waals surface area contributed by atoms with E-state index in [4.69, 9.17) is 0 Å². The molecule has 1 amide bonds. The smallest absolute Gasteiger partial charge is 0.270 e. The maximum Gasteiger partial charge on any atom is 0.270 e. The summed E-state index contributed by atoms with van der Waals surface area (Å²) in [7, 11) is 0. The zero-order valence-corrected chi connectivity index (χ0v) is 13.7. The van der Waals surface area contributed by atoms with Crippen LogP contribution in [0.15, 0.2) is 24.5 Å². The molecule has 6 nitrogen and oxygen atoms in total. The van der Waals surface area contributed by atoms with E-state index in [1.807, 2.05) is 32.2 Å². The summed E-state index contributed by atoms with van der Waals surface area (Å²) in [6.45, 7) is 7.52. The number of hydrogen-bond donors (Lipinski definition) is 2. The summed E-state index contributed by atoms with van der Waals surface area (Å²) in [4.78, 5) is 26.3. The number of nitrogens with one attached hydrogen (secondary N) is 2. The minimum Gasteiger partial charge on any atom is -0.350 e. The van der Waals surface area contributed by atoms with Crippen LogP contribution in [0.1, 0.15) is 34.0 Å². The van der Waals surface area contributed by atoms with Crippen molar-refractivity contribution in [3.8, 4) is 0 Å². The molecule has 0 unspecified atom stereocenters. The number of likely N-dealkylation sites (tertiary alicyclic amines) is 1. The summed E-state index contributed by atoms with van der Waals surface area (Å²) >= 11 is 0. The van der Waals surface area contributed by atoms with Gasteiger partial charge >= 0.3 is 0 Å². The van der Waals surface area contributed by atoms with Crippen molar-refractivity contribution in [2.24, 2.45) is 5.92 Å². The monoisotopic (exact) mass is 313 g/mol. The van der Waals surface area contributed by atoms with Crippen molar-refractivity contribution >= 4 is 5.91 Å². The number of aromatic nitrogens is 3. The number of pyridine rings is 1. The third kappa shape index (κ3) is 3.96. The Balaban J connectivity index is 1.47. The van der Waals surface area contributed by atoms with Crippen LogP contribution in [0, 0.1) is 19.8 Å². The van der Waals surface area contributed by atoms with Crippen LogP contribution < -0.4 is 5.32 Å². The lowest BCUT2D eigenvalue weighted by molar-refractivity contribution is 0.0941. The van der Waals surface area contributed by atoms with Crippen LogP contribution in [0.25, 0.3) is 0 Å². The normalized spacial score (nSPS) is 18.3. The van der Waals surface area contributed by atoms with Gasteiger partial charge in [0.25, 0.3) is 5.91 Å². The second kappa shape index (κ2) is 6.91. The average molecular weight is 313 g/mol. The van der Waals surface area contributed by atoms with Crippen LogP contribution in [0.5, 0.6) is 0 Å². The van der Waals surface area contributed by atoms with Crippen LogP contribution in [0.3, 0.4) is 0 Å². The zero-order chi connectivity index (χ0) is 16.2. The zero-order valence-electron chi connectivity index (χ0n) is 13.7. The van der Waals surface area contributed by atoms with Crippen molar-refractivity contribution in [3.63, 3.8) is 0 Å². The van der Waals surface area contributed by atoms with Crippen LogP contribution in [0.4, 0.5) is 0 Å². The molecule has 3 rings (SSSR count). The lowest BCUT2D eigenvalue weighted by Gasteiger charge is -2.15. The molecule has 0 saturated carbocycles. The minimum absolute atomic E-state index is 0.0780. The summed E-state index contributed by atoms with van der Waals surface area (Å²) in [5.41, 5.74) is 2.58. The molecule has 2 N–H and O–H groups in total. The predicted octanol–water partition coefficient (Wildman–Crippen LogP) is 1.67. The molecule has 6 heteroatoms. The Labute approximate surface area is 136 Å². The minimum atomic E-state index is -0.0780. The molecule has 122 valence electrons. The highest BCUT2D eigenvalue weighted by atomic mass is 16.1. The van der Waals surface area contributed by atoms with E-state index in [0.29, 0.717) is 18.2 Å². The summed E-state index contributed by atoms with van der Waals surface area (Å²) < 4.78 is 0. The predicted molar refractivity (Wildman–Crippen MR) is 88.0 cm³/mol. The molecule has 1 fully saturated rings. The number of rotatable bonds is 5. The van der Waals surface area contributed by atoms with Crippen LogP contribution in [-0.4, -0.2) is 45.4 Å². The Morgan fingerprint density at radius 1 is 1.43 bits per heavy atom. The molecule has 2 aromatic rings. The number of carbonyl (C=O) groups is 1. The van der Waals surface area contributed by atoms with Crippen molar-refractivity contribution in [2.75, 3.05) is 19.6 Å². The summed E-state index contributed by atoms with van der Waals surface area (Å²) in [6.07, 6.45) is 4.66. The maximum atomic E-state index is 12.2. The van der Waals surface area contributed by atoms with Gasteiger partial charge in [-0.05, 0) is 44.4 Å². The SMILES string of the molecule is Cc1ncc(CN2CC[C@H](CNC(=O)c3ncccc3C)C2)[nH]1. The van der Waals surface area contributed by atoms with Gasteiger partial charge in [-0.15, -0.1) is 0 Å². The van der Waals surface area contributed by atoms with Gasteiger partial charge in [0.15, 0.2) is 0 Å². The standard InChI is InChI=1S/C17H23N5O/c1-12-4-3-6-18-16(12)17(23)20-8-14-5-7-22(10-14)11-15-9-19-13(2)21-15/h3-4,6,9,14H,5,7-8,10-11H2,1-2H3,(H,19,21)(H,20,23)/t14-/m1/s1. The lowest BCUT2D eigenvalue weighted by atomic mass is 10.1. The summed E-state index contributed by atoms with van der Waals surface area (Å²) in [5, 5.41) is 3.02. The maximum absolute atomic E-state index is 12.2. The van der Waals surface area contributed by atoms with E-state index in [2.05, 4.69) is 25.2 Å². The number of hydrogen-bond acceptors (Lipinski definition) is 4. The van der Waals surface area contributed by atoms with E-state index in [9.17, 15) is 4.79 Å². The molecule has 2 aromatic heterocycles. The number of aromatic amines is 1. The van der Waals surface area contributed by atoms with Gasteiger partial charge in [-0.3, -0.25) is 14.7 Å². The topological polar surface area (TPSA) is 73.9 Å². The Hall–Kier alpha value is -2.21. The highest BCUT2D eigenvalue weighted by molar-refractivity contribution is 5.93. The third-order valence-corrected chi connectivity index (χ3v) is 4.30. The Kier molecular flexibility index (Phi) is 4.71. The number of H-pyrrole nitrogens is 1. The van der Waals surface area contributed by atoms with Crippen molar-refractivity contribution in [1.29, 1.82) is 0 Å². The summed E-state index contributed by atoms with van der Waals surface area (Å²) in [5.74, 6) is 1.37. The largest absolute Gasteiger partial charge is 0.350 e. The molecule has 1 saturated heterocycles. The Morgan fingerprint density at radius 2 is 2.30 bits per heavy atom. The van der Waals surface area contributed by atoms with Gasteiger partial charge in [-0.2, -0.15) is 0 Å². The first-order valence-electron chi connectivity index (χ1n) is 8.04. The molecular weight excluding hydrogens is 290 g/mol. The molecule has 3 heterocycles. The van der Waals surface area contributed by atoms with E-state index < -0.39 is 0 Å². The number of carbonyl (C=O) groups excluding carboxylic acids is 1. The van der Waals surface area contributed by atoms with Gasteiger partial charge in [0.2, 0.25) is 0 Å².